The average molecular weight is 255 g/mol. The highest BCUT2D eigenvalue weighted by Crippen LogP contribution is 2.15. The summed E-state index contributed by atoms with van der Waals surface area (Å²) in [6, 6.07) is 0.749. The minimum Gasteiger partial charge on any atom is -0.478 e. The predicted octanol–water partition coefficient (Wildman–Crippen LogP) is -0.189. The van der Waals surface area contributed by atoms with Crippen molar-refractivity contribution in [3.63, 3.8) is 0 Å². The van der Waals surface area contributed by atoms with Crippen LogP contribution < -0.4 is 0 Å². The van der Waals surface area contributed by atoms with Gasteiger partial charge in [-0.3, -0.25) is 4.79 Å². The third kappa shape index (κ3) is 2.36. The second-order valence-corrected chi connectivity index (χ2v) is 3.91. The molecule has 1 aliphatic heterocycles. The lowest BCUT2D eigenvalue weighted by atomic mass is 10.2. The van der Waals surface area contributed by atoms with Gasteiger partial charge in [0.15, 0.2) is 5.76 Å². The van der Waals surface area contributed by atoms with Crippen LogP contribution in [0.5, 0.6) is 0 Å². The van der Waals surface area contributed by atoms with Gasteiger partial charge in [0.1, 0.15) is 6.26 Å². The number of amides is 1. The summed E-state index contributed by atoms with van der Waals surface area (Å²) in [5, 5.41) is 17.9. The van der Waals surface area contributed by atoms with E-state index in [0.717, 1.165) is 6.26 Å². The van der Waals surface area contributed by atoms with Crippen molar-refractivity contribution in [2.24, 2.45) is 0 Å². The lowest BCUT2D eigenvalue weighted by Crippen LogP contribution is -2.50. The number of ether oxygens (including phenoxy) is 1. The predicted molar refractivity (Wildman–Crippen MR) is 58.4 cm³/mol. The Labute approximate surface area is 103 Å². The molecule has 98 valence electrons. The molecule has 7 heteroatoms. The SMILES string of the molecule is O=C(O)c1coc(C(=O)N2CCOCC2CO)c1. The molecule has 0 saturated carbocycles. The third-order valence-electron chi connectivity index (χ3n) is 2.76. The van der Waals surface area contributed by atoms with Crippen molar-refractivity contribution in [3.8, 4) is 0 Å². The molecule has 1 atom stereocenters. The summed E-state index contributed by atoms with van der Waals surface area (Å²) in [7, 11) is 0. The molecule has 0 bridgehead atoms. The maximum absolute atomic E-state index is 12.1. The van der Waals surface area contributed by atoms with Crippen LogP contribution in [0.25, 0.3) is 0 Å². The van der Waals surface area contributed by atoms with Gasteiger partial charge in [-0.05, 0) is 0 Å². The van der Waals surface area contributed by atoms with Crippen LogP contribution in [0.1, 0.15) is 20.9 Å². The Bertz CT molecular complexity index is 454. The number of rotatable bonds is 3. The Kier molecular flexibility index (Phi) is 3.63. The molecule has 7 nitrogen and oxygen atoms in total. The van der Waals surface area contributed by atoms with Gasteiger partial charge in [-0.25, -0.2) is 4.79 Å². The molecule has 0 aromatic carbocycles. The molecular formula is C11H13NO6. The molecule has 1 amide bonds. The van der Waals surface area contributed by atoms with Crippen LogP contribution in [0.4, 0.5) is 0 Å². The number of morpholine rings is 1. The van der Waals surface area contributed by atoms with Crippen LogP contribution in [-0.4, -0.2) is 59.4 Å². The monoisotopic (exact) mass is 255 g/mol. The molecule has 2 heterocycles. The van der Waals surface area contributed by atoms with Crippen LogP contribution in [0, 0.1) is 0 Å². The van der Waals surface area contributed by atoms with Crippen LogP contribution in [0.2, 0.25) is 0 Å². The van der Waals surface area contributed by atoms with Crippen LogP contribution in [-0.2, 0) is 4.74 Å². The molecule has 1 saturated heterocycles. The van der Waals surface area contributed by atoms with Crippen molar-refractivity contribution in [1.82, 2.24) is 4.90 Å². The number of hydrogen-bond donors (Lipinski definition) is 2. The molecule has 0 radical (unpaired) electrons. The molecule has 2 N–H and O–H groups in total. The molecule has 1 unspecified atom stereocenters. The van der Waals surface area contributed by atoms with E-state index in [2.05, 4.69) is 0 Å². The fourth-order valence-electron chi connectivity index (χ4n) is 1.78. The average Bonchev–Trinajstić information content (AvgIpc) is 2.87. The number of aromatic carboxylic acids is 1. The summed E-state index contributed by atoms with van der Waals surface area (Å²) in [5.74, 6) is -1.64. The summed E-state index contributed by atoms with van der Waals surface area (Å²) in [6.45, 7) is 0.773. The molecule has 1 fully saturated rings. The first-order valence-corrected chi connectivity index (χ1v) is 5.45. The van der Waals surface area contributed by atoms with Gasteiger partial charge >= 0.3 is 5.97 Å². The molecule has 1 aromatic rings. The quantitative estimate of drug-likeness (QED) is 0.776. The highest BCUT2D eigenvalue weighted by molar-refractivity contribution is 5.95. The number of aliphatic hydroxyl groups excluding tert-OH is 1. The fourth-order valence-corrected chi connectivity index (χ4v) is 1.78. The van der Waals surface area contributed by atoms with E-state index >= 15 is 0 Å². The normalized spacial score (nSPS) is 19.8. The highest BCUT2D eigenvalue weighted by Gasteiger charge is 2.29. The number of nitrogens with zero attached hydrogens (tertiary/aromatic N) is 1. The Morgan fingerprint density at radius 2 is 2.28 bits per heavy atom. The molecular weight excluding hydrogens is 242 g/mol. The molecule has 18 heavy (non-hydrogen) atoms. The Morgan fingerprint density at radius 1 is 1.50 bits per heavy atom. The van der Waals surface area contributed by atoms with Crippen molar-refractivity contribution in [2.75, 3.05) is 26.4 Å². The van der Waals surface area contributed by atoms with Gasteiger partial charge in [0.25, 0.3) is 5.91 Å². The number of hydrogen-bond acceptors (Lipinski definition) is 5. The lowest BCUT2D eigenvalue weighted by Gasteiger charge is -2.33. The number of aliphatic hydroxyl groups is 1. The summed E-state index contributed by atoms with van der Waals surface area (Å²) in [4.78, 5) is 24.2. The largest absolute Gasteiger partial charge is 0.478 e. The van der Waals surface area contributed by atoms with Gasteiger partial charge in [0.2, 0.25) is 0 Å². The third-order valence-corrected chi connectivity index (χ3v) is 2.76. The second-order valence-electron chi connectivity index (χ2n) is 3.91. The van der Waals surface area contributed by atoms with Gasteiger partial charge in [-0.15, -0.1) is 0 Å². The summed E-state index contributed by atoms with van der Waals surface area (Å²) >= 11 is 0. The van der Waals surface area contributed by atoms with E-state index in [1.54, 1.807) is 0 Å². The first kappa shape index (κ1) is 12.6. The first-order chi connectivity index (χ1) is 8.63. The zero-order valence-electron chi connectivity index (χ0n) is 9.54. The standard InChI is InChI=1S/C11H13NO6/c13-4-8-6-17-2-1-12(8)10(14)9-3-7(5-18-9)11(15)16/h3,5,8,13H,1-2,4,6H2,(H,15,16). The smallest absolute Gasteiger partial charge is 0.338 e. The lowest BCUT2D eigenvalue weighted by molar-refractivity contribution is -0.0196. The Balaban J connectivity index is 2.15. The molecule has 2 rings (SSSR count). The number of carbonyl (C=O) groups excluding carboxylic acids is 1. The number of carboxylic acids is 1. The Hall–Kier alpha value is -1.86. The van der Waals surface area contributed by atoms with E-state index in [1.165, 1.54) is 11.0 Å². The van der Waals surface area contributed by atoms with E-state index in [9.17, 15) is 9.59 Å². The zero-order chi connectivity index (χ0) is 13.1. The number of carboxylic acid groups (broad SMARTS) is 1. The summed E-state index contributed by atoms with van der Waals surface area (Å²) in [5.41, 5.74) is -0.0767. The number of carbonyl (C=O) groups is 2. The van der Waals surface area contributed by atoms with E-state index in [-0.39, 0.29) is 24.5 Å². The van der Waals surface area contributed by atoms with Crippen molar-refractivity contribution in [2.45, 2.75) is 6.04 Å². The van der Waals surface area contributed by atoms with Gasteiger partial charge in [0.05, 0.1) is 31.4 Å². The van der Waals surface area contributed by atoms with Crippen LogP contribution in [0.15, 0.2) is 16.7 Å². The van der Waals surface area contributed by atoms with Crippen molar-refractivity contribution in [1.29, 1.82) is 0 Å². The fraction of sp³-hybridized carbons (Fsp3) is 0.455. The van der Waals surface area contributed by atoms with Crippen LogP contribution in [0.3, 0.4) is 0 Å². The van der Waals surface area contributed by atoms with E-state index in [4.69, 9.17) is 19.4 Å². The van der Waals surface area contributed by atoms with Crippen molar-refractivity contribution >= 4 is 11.9 Å². The minimum atomic E-state index is -1.15. The van der Waals surface area contributed by atoms with Gasteiger partial charge in [0, 0.05) is 12.6 Å². The van der Waals surface area contributed by atoms with E-state index in [1.807, 2.05) is 0 Å². The topological polar surface area (TPSA) is 100 Å². The Morgan fingerprint density at radius 3 is 2.89 bits per heavy atom. The van der Waals surface area contributed by atoms with Gasteiger partial charge in [-0.2, -0.15) is 0 Å². The molecule has 0 spiro atoms. The van der Waals surface area contributed by atoms with Gasteiger partial charge < -0.3 is 24.3 Å². The van der Waals surface area contributed by atoms with Crippen molar-refractivity contribution in [3.05, 3.63) is 23.7 Å². The van der Waals surface area contributed by atoms with Crippen molar-refractivity contribution < 1.29 is 29.0 Å². The maximum atomic E-state index is 12.1. The highest BCUT2D eigenvalue weighted by atomic mass is 16.5. The maximum Gasteiger partial charge on any atom is 0.338 e. The minimum absolute atomic E-state index is 0.0484. The second kappa shape index (κ2) is 5.19. The first-order valence-electron chi connectivity index (χ1n) is 5.45. The summed E-state index contributed by atoms with van der Waals surface area (Å²) < 4.78 is 10.1. The molecule has 1 aromatic heterocycles. The zero-order valence-corrected chi connectivity index (χ0v) is 9.54. The van der Waals surface area contributed by atoms with E-state index in [0.29, 0.717) is 13.2 Å². The number of furan rings is 1. The van der Waals surface area contributed by atoms with Crippen LogP contribution >= 0.6 is 0 Å². The van der Waals surface area contributed by atoms with Gasteiger partial charge in [-0.1, -0.05) is 0 Å². The molecule has 1 aliphatic rings. The van der Waals surface area contributed by atoms with E-state index < -0.39 is 17.9 Å². The summed E-state index contributed by atoms with van der Waals surface area (Å²) in [6.07, 6.45) is 1.02. The molecule has 0 aliphatic carbocycles.